The summed E-state index contributed by atoms with van der Waals surface area (Å²) >= 11 is 0. The third-order valence-electron chi connectivity index (χ3n) is 5.30. The van der Waals surface area contributed by atoms with Crippen molar-refractivity contribution in [2.24, 2.45) is 5.10 Å². The molecule has 1 N–H and O–H groups in total. The van der Waals surface area contributed by atoms with Crippen molar-refractivity contribution in [2.45, 2.75) is 25.9 Å². The van der Waals surface area contributed by atoms with E-state index in [4.69, 9.17) is 4.74 Å². The number of halogens is 2. The van der Waals surface area contributed by atoms with Crippen LogP contribution < -0.4 is 5.32 Å². The molecule has 0 bridgehead atoms. The first-order valence-electron chi connectivity index (χ1n) is 9.81. The van der Waals surface area contributed by atoms with E-state index in [2.05, 4.69) is 15.4 Å². The average molecular weight is 429 g/mol. The van der Waals surface area contributed by atoms with Crippen molar-refractivity contribution >= 4 is 17.8 Å². The standard InChI is InChI=1S/C21H21F2N5O3/c1-12-3-5-14(6-4-12)18-17(27-7-8-31-21(27)30)11-28(26-18)20(29)25-13(2)15-9-16(22)19(23)24-10-15/h3-6,9-10,13,17H,7-8,11H2,1-2H3,(H,25,29)/t13?,17-/m0/s1. The minimum atomic E-state index is -1.20. The van der Waals surface area contributed by atoms with Crippen LogP contribution in [0.3, 0.4) is 0 Å². The van der Waals surface area contributed by atoms with Crippen LogP contribution in [0.2, 0.25) is 0 Å². The number of rotatable bonds is 4. The lowest BCUT2D eigenvalue weighted by Gasteiger charge is -2.23. The summed E-state index contributed by atoms with van der Waals surface area (Å²) in [7, 11) is 0. The number of carbonyl (C=O) groups is 2. The van der Waals surface area contributed by atoms with E-state index < -0.39 is 36.0 Å². The third kappa shape index (κ3) is 4.18. The fraction of sp³-hybridized carbons (Fsp3) is 0.333. The Labute approximate surface area is 177 Å². The van der Waals surface area contributed by atoms with Crippen LogP contribution in [0.4, 0.5) is 18.4 Å². The van der Waals surface area contributed by atoms with Gasteiger partial charge in [0.2, 0.25) is 5.95 Å². The van der Waals surface area contributed by atoms with Crippen molar-refractivity contribution in [1.29, 1.82) is 0 Å². The molecule has 31 heavy (non-hydrogen) atoms. The van der Waals surface area contributed by atoms with E-state index in [1.165, 1.54) is 5.01 Å². The largest absolute Gasteiger partial charge is 0.448 e. The number of hydrogen-bond acceptors (Lipinski definition) is 5. The summed E-state index contributed by atoms with van der Waals surface area (Å²) in [6.45, 7) is 4.42. The van der Waals surface area contributed by atoms with Gasteiger partial charge in [0.05, 0.1) is 30.9 Å². The summed E-state index contributed by atoms with van der Waals surface area (Å²) in [5.41, 5.74) is 2.76. The number of pyridine rings is 1. The number of hydrogen-bond donors (Lipinski definition) is 1. The number of ether oxygens (including phenoxy) is 1. The van der Waals surface area contributed by atoms with Gasteiger partial charge in [0.15, 0.2) is 5.82 Å². The second kappa shape index (κ2) is 8.29. The molecule has 0 saturated carbocycles. The van der Waals surface area contributed by atoms with Gasteiger partial charge in [-0.3, -0.25) is 4.90 Å². The van der Waals surface area contributed by atoms with Crippen molar-refractivity contribution < 1.29 is 23.1 Å². The Balaban J connectivity index is 1.55. The highest BCUT2D eigenvalue weighted by molar-refractivity contribution is 6.07. The van der Waals surface area contributed by atoms with Gasteiger partial charge in [0.1, 0.15) is 6.61 Å². The maximum Gasteiger partial charge on any atom is 0.410 e. The van der Waals surface area contributed by atoms with E-state index in [-0.39, 0.29) is 13.2 Å². The number of nitrogens with zero attached hydrogens (tertiary/aromatic N) is 4. The Morgan fingerprint density at radius 3 is 2.68 bits per heavy atom. The smallest absolute Gasteiger partial charge is 0.410 e. The van der Waals surface area contributed by atoms with Gasteiger partial charge in [0, 0.05) is 6.20 Å². The zero-order chi connectivity index (χ0) is 22.1. The molecule has 1 fully saturated rings. The van der Waals surface area contributed by atoms with Gasteiger partial charge in [-0.25, -0.2) is 24.0 Å². The number of nitrogens with one attached hydrogen (secondary N) is 1. The summed E-state index contributed by atoms with van der Waals surface area (Å²) in [6, 6.07) is 7.00. The van der Waals surface area contributed by atoms with E-state index in [1.807, 2.05) is 31.2 Å². The first-order chi connectivity index (χ1) is 14.8. The Bertz CT molecular complexity index is 1040. The molecule has 1 aromatic heterocycles. The first kappa shape index (κ1) is 20.7. The molecule has 2 atom stereocenters. The number of aromatic nitrogens is 1. The van der Waals surface area contributed by atoms with Gasteiger partial charge >= 0.3 is 12.1 Å². The molecule has 2 aliphatic rings. The molecule has 3 amide bonds. The number of amides is 3. The second-order valence-electron chi connectivity index (χ2n) is 7.47. The lowest BCUT2D eigenvalue weighted by Crippen LogP contribution is -2.46. The highest BCUT2D eigenvalue weighted by atomic mass is 19.2. The summed E-state index contributed by atoms with van der Waals surface area (Å²) in [5.74, 6) is -2.29. The predicted octanol–water partition coefficient (Wildman–Crippen LogP) is 2.98. The minimum Gasteiger partial charge on any atom is -0.448 e. The van der Waals surface area contributed by atoms with Crippen molar-refractivity contribution in [3.63, 3.8) is 0 Å². The Morgan fingerprint density at radius 2 is 2.03 bits per heavy atom. The zero-order valence-corrected chi connectivity index (χ0v) is 17.0. The van der Waals surface area contributed by atoms with E-state index in [9.17, 15) is 18.4 Å². The normalized spacial score (nSPS) is 19.3. The van der Waals surface area contributed by atoms with Crippen LogP contribution in [0.5, 0.6) is 0 Å². The molecule has 2 aromatic rings. The molecule has 0 aliphatic carbocycles. The van der Waals surface area contributed by atoms with Crippen LogP contribution in [0, 0.1) is 18.7 Å². The molecule has 2 aliphatic heterocycles. The molecular weight excluding hydrogens is 408 g/mol. The number of carbonyl (C=O) groups excluding carboxylic acids is 2. The van der Waals surface area contributed by atoms with E-state index in [0.717, 1.165) is 23.4 Å². The van der Waals surface area contributed by atoms with Gasteiger partial charge < -0.3 is 10.1 Å². The molecular formula is C21H21F2N5O3. The Kier molecular flexibility index (Phi) is 5.53. The summed E-state index contributed by atoms with van der Waals surface area (Å²) in [5, 5.41) is 8.40. The fourth-order valence-electron chi connectivity index (χ4n) is 3.54. The topological polar surface area (TPSA) is 87.1 Å². The van der Waals surface area contributed by atoms with Crippen molar-refractivity contribution in [2.75, 3.05) is 19.7 Å². The van der Waals surface area contributed by atoms with Gasteiger partial charge in [-0.1, -0.05) is 29.8 Å². The molecule has 162 valence electrons. The van der Waals surface area contributed by atoms with Crippen LogP contribution in [0.25, 0.3) is 0 Å². The van der Waals surface area contributed by atoms with E-state index in [0.29, 0.717) is 17.8 Å². The van der Waals surface area contributed by atoms with Crippen LogP contribution in [0.1, 0.15) is 29.7 Å². The molecule has 0 radical (unpaired) electrons. The summed E-state index contributed by atoms with van der Waals surface area (Å²) in [6.07, 6.45) is 0.713. The summed E-state index contributed by atoms with van der Waals surface area (Å²) in [4.78, 5) is 29.9. The number of urea groups is 1. The van der Waals surface area contributed by atoms with Crippen LogP contribution >= 0.6 is 0 Å². The van der Waals surface area contributed by atoms with Crippen molar-refractivity contribution in [3.8, 4) is 0 Å². The van der Waals surface area contributed by atoms with Crippen molar-refractivity contribution in [3.05, 3.63) is 65.0 Å². The highest BCUT2D eigenvalue weighted by Gasteiger charge is 2.40. The van der Waals surface area contributed by atoms with Crippen LogP contribution in [-0.4, -0.2) is 58.5 Å². The Morgan fingerprint density at radius 1 is 1.29 bits per heavy atom. The van der Waals surface area contributed by atoms with Gasteiger partial charge in [-0.15, -0.1) is 0 Å². The number of hydrazone groups is 1. The van der Waals surface area contributed by atoms with Crippen LogP contribution in [0.15, 0.2) is 41.6 Å². The SMILES string of the molecule is Cc1ccc(C2=NN(C(=O)NC(C)c3cnc(F)c(F)c3)C[C@@H]2N2CCOC2=O)cc1. The van der Waals surface area contributed by atoms with Gasteiger partial charge in [-0.2, -0.15) is 9.49 Å². The lowest BCUT2D eigenvalue weighted by molar-refractivity contribution is 0.150. The van der Waals surface area contributed by atoms with E-state index >= 15 is 0 Å². The predicted molar refractivity (Wildman–Crippen MR) is 107 cm³/mol. The lowest BCUT2D eigenvalue weighted by atomic mass is 10.0. The maximum absolute atomic E-state index is 13.5. The molecule has 3 heterocycles. The number of aryl methyl sites for hydroxylation is 1. The van der Waals surface area contributed by atoms with Crippen LogP contribution in [-0.2, 0) is 4.74 Å². The maximum atomic E-state index is 13.5. The van der Waals surface area contributed by atoms with Gasteiger partial charge in [-0.05, 0) is 31.0 Å². The molecule has 4 rings (SSSR count). The average Bonchev–Trinajstić information content (AvgIpc) is 3.36. The zero-order valence-electron chi connectivity index (χ0n) is 17.0. The second-order valence-corrected chi connectivity index (χ2v) is 7.47. The number of cyclic esters (lactones) is 1. The Hall–Kier alpha value is -3.56. The minimum absolute atomic E-state index is 0.146. The molecule has 8 nitrogen and oxygen atoms in total. The fourth-order valence-corrected chi connectivity index (χ4v) is 3.54. The van der Waals surface area contributed by atoms with Gasteiger partial charge in [0.25, 0.3) is 0 Å². The molecule has 0 spiro atoms. The summed E-state index contributed by atoms with van der Waals surface area (Å²) < 4.78 is 31.6. The molecule has 1 aromatic carbocycles. The molecule has 1 saturated heterocycles. The molecule has 1 unspecified atom stereocenters. The highest BCUT2D eigenvalue weighted by Crippen LogP contribution is 2.23. The monoisotopic (exact) mass is 429 g/mol. The quantitative estimate of drug-likeness (QED) is 0.757. The van der Waals surface area contributed by atoms with Crippen molar-refractivity contribution in [1.82, 2.24) is 20.2 Å². The molecule has 10 heteroatoms. The first-order valence-corrected chi connectivity index (χ1v) is 9.81. The third-order valence-corrected chi connectivity index (χ3v) is 5.30. The number of benzene rings is 1. The van der Waals surface area contributed by atoms with E-state index in [1.54, 1.807) is 11.8 Å².